The monoisotopic (exact) mass is 311 g/mol. The van der Waals surface area contributed by atoms with Crippen LogP contribution in [0.3, 0.4) is 0 Å². The van der Waals surface area contributed by atoms with E-state index in [1.54, 1.807) is 24.0 Å². The van der Waals surface area contributed by atoms with Crippen molar-refractivity contribution >= 4 is 16.9 Å². The molecule has 6 heteroatoms. The van der Waals surface area contributed by atoms with Gasteiger partial charge in [0.25, 0.3) is 5.91 Å². The molecule has 0 radical (unpaired) electrons. The second kappa shape index (κ2) is 6.64. The smallest absolute Gasteiger partial charge is 0.269 e. The molecule has 1 amide bonds. The first kappa shape index (κ1) is 15.3. The average Bonchev–Trinajstić information content (AvgIpc) is 3.13. The Morgan fingerprint density at radius 1 is 1.30 bits per heavy atom. The van der Waals surface area contributed by atoms with Crippen LogP contribution in [0, 0.1) is 0 Å². The molecule has 0 aromatic carbocycles. The van der Waals surface area contributed by atoms with Crippen molar-refractivity contribution in [3.8, 4) is 0 Å². The SMILES string of the molecule is CCCn1cc(CCNC(=O)c2ccnn2C)c2cccnc21. The Hall–Kier alpha value is -2.63. The lowest BCUT2D eigenvalue weighted by molar-refractivity contribution is 0.0945. The maximum atomic E-state index is 12.1. The predicted octanol–water partition coefficient (Wildman–Crippen LogP) is 2.15. The van der Waals surface area contributed by atoms with E-state index in [0.29, 0.717) is 12.2 Å². The highest BCUT2D eigenvalue weighted by Gasteiger charge is 2.11. The second-order valence-corrected chi connectivity index (χ2v) is 5.57. The molecule has 0 aliphatic rings. The lowest BCUT2D eigenvalue weighted by atomic mass is 10.1. The summed E-state index contributed by atoms with van der Waals surface area (Å²) in [7, 11) is 1.76. The maximum absolute atomic E-state index is 12.1. The van der Waals surface area contributed by atoms with Gasteiger partial charge < -0.3 is 9.88 Å². The molecule has 3 heterocycles. The van der Waals surface area contributed by atoms with Gasteiger partial charge in [0, 0.05) is 44.1 Å². The quantitative estimate of drug-likeness (QED) is 0.758. The number of fused-ring (bicyclic) bond motifs is 1. The van der Waals surface area contributed by atoms with E-state index in [1.165, 1.54) is 5.56 Å². The average molecular weight is 311 g/mol. The molecule has 3 aromatic rings. The van der Waals surface area contributed by atoms with Crippen LogP contribution in [-0.4, -0.2) is 31.8 Å². The van der Waals surface area contributed by atoms with E-state index in [0.717, 1.165) is 30.4 Å². The molecule has 0 bridgehead atoms. The second-order valence-electron chi connectivity index (χ2n) is 5.57. The van der Waals surface area contributed by atoms with Crippen molar-refractivity contribution in [1.82, 2.24) is 24.6 Å². The van der Waals surface area contributed by atoms with Gasteiger partial charge >= 0.3 is 0 Å². The first-order valence-corrected chi connectivity index (χ1v) is 7.89. The predicted molar refractivity (Wildman–Crippen MR) is 89.3 cm³/mol. The van der Waals surface area contributed by atoms with E-state index in [9.17, 15) is 4.79 Å². The van der Waals surface area contributed by atoms with Crippen LogP contribution in [0.5, 0.6) is 0 Å². The minimum absolute atomic E-state index is 0.0968. The summed E-state index contributed by atoms with van der Waals surface area (Å²) in [5, 5.41) is 8.13. The van der Waals surface area contributed by atoms with Gasteiger partial charge in [-0.2, -0.15) is 5.10 Å². The first-order chi connectivity index (χ1) is 11.2. The molecule has 0 spiro atoms. The van der Waals surface area contributed by atoms with Gasteiger partial charge in [-0.25, -0.2) is 4.98 Å². The summed E-state index contributed by atoms with van der Waals surface area (Å²) in [6.07, 6.45) is 7.44. The third-order valence-corrected chi connectivity index (χ3v) is 3.91. The van der Waals surface area contributed by atoms with Crippen LogP contribution in [-0.2, 0) is 20.0 Å². The highest BCUT2D eigenvalue weighted by atomic mass is 16.2. The topological polar surface area (TPSA) is 64.7 Å². The van der Waals surface area contributed by atoms with Gasteiger partial charge in [-0.05, 0) is 36.6 Å². The third kappa shape index (κ3) is 3.11. The summed E-state index contributed by atoms with van der Waals surface area (Å²) in [5.74, 6) is -0.0968. The minimum atomic E-state index is -0.0968. The highest BCUT2D eigenvalue weighted by Crippen LogP contribution is 2.20. The minimum Gasteiger partial charge on any atom is -0.350 e. The zero-order valence-electron chi connectivity index (χ0n) is 13.5. The molecule has 3 aromatic heterocycles. The number of aromatic nitrogens is 4. The van der Waals surface area contributed by atoms with Crippen LogP contribution in [0.1, 0.15) is 29.4 Å². The van der Waals surface area contributed by atoms with Crippen LogP contribution in [0.2, 0.25) is 0 Å². The van der Waals surface area contributed by atoms with Crippen molar-refractivity contribution in [3.05, 3.63) is 48.0 Å². The number of rotatable bonds is 6. The summed E-state index contributed by atoms with van der Waals surface area (Å²) in [5.41, 5.74) is 2.80. The number of carbonyl (C=O) groups is 1. The molecule has 23 heavy (non-hydrogen) atoms. The van der Waals surface area contributed by atoms with E-state index in [1.807, 2.05) is 12.3 Å². The number of pyridine rings is 1. The molecule has 1 N–H and O–H groups in total. The fraction of sp³-hybridized carbons (Fsp3) is 0.353. The zero-order valence-corrected chi connectivity index (χ0v) is 13.5. The number of aryl methyl sites for hydroxylation is 2. The number of hydrogen-bond acceptors (Lipinski definition) is 3. The van der Waals surface area contributed by atoms with E-state index in [-0.39, 0.29) is 5.91 Å². The molecule has 0 saturated carbocycles. The van der Waals surface area contributed by atoms with E-state index < -0.39 is 0 Å². The molecule has 0 aliphatic carbocycles. The van der Waals surface area contributed by atoms with Crippen molar-refractivity contribution in [2.45, 2.75) is 26.3 Å². The Morgan fingerprint density at radius 2 is 2.17 bits per heavy atom. The summed E-state index contributed by atoms with van der Waals surface area (Å²) in [6.45, 7) is 3.70. The number of carbonyl (C=O) groups excluding carboxylic acids is 1. The lowest BCUT2D eigenvalue weighted by Gasteiger charge is -2.04. The number of nitrogens with one attached hydrogen (secondary N) is 1. The van der Waals surface area contributed by atoms with Gasteiger partial charge in [0.15, 0.2) is 0 Å². The van der Waals surface area contributed by atoms with Crippen LogP contribution in [0.25, 0.3) is 11.0 Å². The molecule has 0 aliphatic heterocycles. The Labute approximate surface area is 135 Å². The van der Waals surface area contributed by atoms with Crippen LogP contribution < -0.4 is 5.32 Å². The fourth-order valence-electron chi connectivity index (χ4n) is 2.80. The van der Waals surface area contributed by atoms with Crippen molar-refractivity contribution < 1.29 is 4.79 Å². The molecule has 6 nitrogen and oxygen atoms in total. The number of hydrogen-bond donors (Lipinski definition) is 1. The van der Waals surface area contributed by atoms with E-state index >= 15 is 0 Å². The van der Waals surface area contributed by atoms with Gasteiger partial charge in [-0.3, -0.25) is 9.48 Å². The third-order valence-electron chi connectivity index (χ3n) is 3.91. The maximum Gasteiger partial charge on any atom is 0.269 e. The highest BCUT2D eigenvalue weighted by molar-refractivity contribution is 5.92. The molecule has 0 saturated heterocycles. The van der Waals surface area contributed by atoms with E-state index in [4.69, 9.17) is 0 Å². The van der Waals surface area contributed by atoms with E-state index in [2.05, 4.69) is 39.2 Å². The largest absolute Gasteiger partial charge is 0.350 e. The molecular formula is C17H21N5O. The van der Waals surface area contributed by atoms with Crippen molar-refractivity contribution in [2.24, 2.45) is 7.05 Å². The van der Waals surface area contributed by atoms with Crippen molar-refractivity contribution in [1.29, 1.82) is 0 Å². The normalized spacial score (nSPS) is 11.0. The van der Waals surface area contributed by atoms with Crippen LogP contribution in [0.15, 0.2) is 36.8 Å². The van der Waals surface area contributed by atoms with Gasteiger partial charge in [0.05, 0.1) is 0 Å². The van der Waals surface area contributed by atoms with Gasteiger partial charge in [0.2, 0.25) is 0 Å². The Bertz CT molecular complexity index is 817. The van der Waals surface area contributed by atoms with Gasteiger partial charge in [-0.15, -0.1) is 0 Å². The summed E-state index contributed by atoms with van der Waals surface area (Å²) < 4.78 is 3.76. The fourth-order valence-corrected chi connectivity index (χ4v) is 2.80. The van der Waals surface area contributed by atoms with Crippen molar-refractivity contribution in [2.75, 3.05) is 6.54 Å². The molecule has 3 rings (SSSR count). The van der Waals surface area contributed by atoms with Gasteiger partial charge in [0.1, 0.15) is 11.3 Å². The summed E-state index contributed by atoms with van der Waals surface area (Å²) >= 11 is 0. The Balaban J connectivity index is 1.70. The molecule has 120 valence electrons. The lowest BCUT2D eigenvalue weighted by Crippen LogP contribution is -2.27. The molecule has 0 fully saturated rings. The molecule has 0 atom stereocenters. The number of amides is 1. The van der Waals surface area contributed by atoms with Crippen LogP contribution in [0.4, 0.5) is 0 Å². The molecule has 0 unspecified atom stereocenters. The summed E-state index contributed by atoms with van der Waals surface area (Å²) in [4.78, 5) is 16.6. The van der Waals surface area contributed by atoms with Crippen molar-refractivity contribution in [3.63, 3.8) is 0 Å². The first-order valence-electron chi connectivity index (χ1n) is 7.89. The molecular weight excluding hydrogens is 290 g/mol. The number of nitrogens with zero attached hydrogens (tertiary/aromatic N) is 4. The zero-order chi connectivity index (χ0) is 16.2. The standard InChI is InChI=1S/C17H21N5O/c1-3-11-22-12-13(14-5-4-8-18-16(14)22)6-9-19-17(23)15-7-10-20-21(15)2/h4-5,7-8,10,12H,3,6,9,11H2,1-2H3,(H,19,23). The van der Waals surface area contributed by atoms with Gasteiger partial charge in [-0.1, -0.05) is 6.92 Å². The summed E-state index contributed by atoms with van der Waals surface area (Å²) in [6, 6.07) is 5.76. The van der Waals surface area contributed by atoms with Crippen LogP contribution >= 0.6 is 0 Å². The Morgan fingerprint density at radius 3 is 2.91 bits per heavy atom. The Kier molecular flexibility index (Phi) is 4.41.